The quantitative estimate of drug-likeness (QED) is 0.839. The highest BCUT2D eigenvalue weighted by molar-refractivity contribution is 6.36. The Bertz CT molecular complexity index is 452. The third-order valence-electron chi connectivity index (χ3n) is 2.57. The van der Waals surface area contributed by atoms with E-state index in [1.807, 2.05) is 13.8 Å². The molecule has 100 valence electrons. The zero-order valence-corrected chi connectivity index (χ0v) is 11.5. The zero-order chi connectivity index (χ0) is 13.9. The molecule has 1 rings (SSSR count). The highest BCUT2D eigenvalue weighted by atomic mass is 35.5. The molecule has 3 nitrogen and oxygen atoms in total. The van der Waals surface area contributed by atoms with Crippen LogP contribution in [0.15, 0.2) is 12.1 Å². The van der Waals surface area contributed by atoms with E-state index in [2.05, 4.69) is 5.32 Å². The number of hydrogen-bond acceptors (Lipinski definition) is 2. The molecule has 1 unspecified atom stereocenters. The van der Waals surface area contributed by atoms with Gasteiger partial charge in [-0.2, -0.15) is 0 Å². The summed E-state index contributed by atoms with van der Waals surface area (Å²) in [7, 11) is 0. The van der Waals surface area contributed by atoms with Crippen LogP contribution in [0.1, 0.15) is 24.2 Å². The van der Waals surface area contributed by atoms with Gasteiger partial charge < -0.3 is 10.4 Å². The largest absolute Gasteiger partial charge is 0.394 e. The second-order valence-electron chi connectivity index (χ2n) is 4.25. The van der Waals surface area contributed by atoms with E-state index in [9.17, 15) is 9.18 Å². The van der Waals surface area contributed by atoms with E-state index in [1.54, 1.807) is 0 Å². The van der Waals surface area contributed by atoms with Gasteiger partial charge in [0.1, 0.15) is 5.82 Å². The standard InChI is InChI=1S/C12H14Cl2FNO2/c1-6(2)11(5-17)16-12(18)7-3-10(15)9(14)4-8(7)13/h3-4,6,11,17H,5H2,1-2H3,(H,16,18). The van der Waals surface area contributed by atoms with Gasteiger partial charge in [0.25, 0.3) is 5.91 Å². The lowest BCUT2D eigenvalue weighted by molar-refractivity contribution is 0.0896. The molecule has 0 fully saturated rings. The van der Waals surface area contributed by atoms with Gasteiger partial charge in [0.05, 0.1) is 28.3 Å². The minimum absolute atomic E-state index is 0.00216. The van der Waals surface area contributed by atoms with Crippen molar-refractivity contribution in [1.82, 2.24) is 5.32 Å². The van der Waals surface area contributed by atoms with Crippen molar-refractivity contribution in [2.24, 2.45) is 5.92 Å². The number of rotatable bonds is 4. The average molecular weight is 294 g/mol. The van der Waals surface area contributed by atoms with E-state index in [0.717, 1.165) is 6.07 Å². The number of benzene rings is 1. The minimum atomic E-state index is -0.712. The highest BCUT2D eigenvalue weighted by Gasteiger charge is 2.19. The molecule has 6 heteroatoms. The first-order chi connectivity index (χ1) is 8.36. The van der Waals surface area contributed by atoms with Crippen LogP contribution in [0.3, 0.4) is 0 Å². The van der Waals surface area contributed by atoms with Gasteiger partial charge in [-0.3, -0.25) is 4.79 Å². The molecular weight excluding hydrogens is 280 g/mol. The maximum atomic E-state index is 13.3. The molecule has 0 heterocycles. The van der Waals surface area contributed by atoms with Crippen molar-refractivity contribution >= 4 is 29.1 Å². The molecule has 1 atom stereocenters. The molecule has 0 aliphatic carbocycles. The van der Waals surface area contributed by atoms with Gasteiger partial charge in [-0.15, -0.1) is 0 Å². The zero-order valence-electron chi connectivity index (χ0n) is 10.0. The summed E-state index contributed by atoms with van der Waals surface area (Å²) in [4.78, 5) is 11.9. The molecule has 0 radical (unpaired) electrons. The number of aliphatic hydroxyl groups is 1. The Morgan fingerprint density at radius 3 is 2.50 bits per heavy atom. The van der Waals surface area contributed by atoms with E-state index < -0.39 is 17.8 Å². The molecule has 18 heavy (non-hydrogen) atoms. The minimum Gasteiger partial charge on any atom is -0.394 e. The predicted octanol–water partition coefficient (Wildman–Crippen LogP) is 2.88. The molecule has 0 spiro atoms. The van der Waals surface area contributed by atoms with Crippen LogP contribution in [-0.2, 0) is 0 Å². The number of halogens is 3. The van der Waals surface area contributed by atoms with Crippen molar-refractivity contribution in [2.75, 3.05) is 6.61 Å². The molecule has 1 aromatic carbocycles. The molecule has 0 saturated carbocycles. The first-order valence-electron chi connectivity index (χ1n) is 5.43. The topological polar surface area (TPSA) is 49.3 Å². The molecular formula is C12H14Cl2FNO2. The second kappa shape index (κ2) is 6.36. The highest BCUT2D eigenvalue weighted by Crippen LogP contribution is 2.24. The lowest BCUT2D eigenvalue weighted by Gasteiger charge is -2.20. The number of nitrogens with one attached hydrogen (secondary N) is 1. The van der Waals surface area contributed by atoms with Crippen LogP contribution in [0.25, 0.3) is 0 Å². The number of carbonyl (C=O) groups excluding carboxylic acids is 1. The smallest absolute Gasteiger partial charge is 0.253 e. The summed E-state index contributed by atoms with van der Waals surface area (Å²) in [5, 5.41) is 11.6. The number of aliphatic hydroxyl groups excluding tert-OH is 1. The van der Waals surface area contributed by atoms with Gasteiger partial charge in [-0.05, 0) is 18.1 Å². The number of amides is 1. The third kappa shape index (κ3) is 3.57. The summed E-state index contributed by atoms with van der Waals surface area (Å²) in [6, 6.07) is 1.75. The van der Waals surface area contributed by atoms with E-state index in [4.69, 9.17) is 28.3 Å². The van der Waals surface area contributed by atoms with Crippen LogP contribution in [0.5, 0.6) is 0 Å². The van der Waals surface area contributed by atoms with Crippen LogP contribution < -0.4 is 5.32 Å². The summed E-state index contributed by atoms with van der Waals surface area (Å²) in [6.07, 6.45) is 0. The molecule has 0 aliphatic rings. The fourth-order valence-corrected chi connectivity index (χ4v) is 1.83. The molecule has 1 aromatic rings. The molecule has 1 amide bonds. The van der Waals surface area contributed by atoms with Gasteiger partial charge in [0.2, 0.25) is 0 Å². The molecule has 0 aromatic heterocycles. The molecule has 0 aliphatic heterocycles. The van der Waals surface area contributed by atoms with Crippen LogP contribution in [-0.4, -0.2) is 23.7 Å². The van der Waals surface area contributed by atoms with Gasteiger partial charge in [0.15, 0.2) is 0 Å². The summed E-state index contributed by atoms with van der Waals surface area (Å²) in [5.41, 5.74) is -0.00216. The van der Waals surface area contributed by atoms with Crippen LogP contribution in [0.2, 0.25) is 10.0 Å². The van der Waals surface area contributed by atoms with Crippen molar-refractivity contribution in [1.29, 1.82) is 0 Å². The fraction of sp³-hybridized carbons (Fsp3) is 0.417. The van der Waals surface area contributed by atoms with Crippen LogP contribution in [0, 0.1) is 11.7 Å². The average Bonchev–Trinajstić information content (AvgIpc) is 2.29. The monoisotopic (exact) mass is 293 g/mol. The Kier molecular flexibility index (Phi) is 5.38. The van der Waals surface area contributed by atoms with Crippen molar-refractivity contribution in [3.8, 4) is 0 Å². The van der Waals surface area contributed by atoms with Crippen molar-refractivity contribution in [3.05, 3.63) is 33.6 Å². The van der Waals surface area contributed by atoms with E-state index in [-0.39, 0.29) is 28.1 Å². The molecule has 2 N–H and O–H groups in total. The Labute approximate surface area is 115 Å². The first kappa shape index (κ1) is 15.2. The van der Waals surface area contributed by atoms with Gasteiger partial charge >= 0.3 is 0 Å². The van der Waals surface area contributed by atoms with Crippen molar-refractivity contribution < 1.29 is 14.3 Å². The predicted molar refractivity (Wildman–Crippen MR) is 69.6 cm³/mol. The fourth-order valence-electron chi connectivity index (χ4n) is 1.37. The maximum Gasteiger partial charge on any atom is 0.253 e. The Balaban J connectivity index is 2.94. The summed E-state index contributed by atoms with van der Waals surface area (Å²) in [6.45, 7) is 3.51. The Hall–Kier alpha value is -0.840. The molecule has 0 bridgehead atoms. The van der Waals surface area contributed by atoms with Crippen molar-refractivity contribution in [3.63, 3.8) is 0 Å². The second-order valence-corrected chi connectivity index (χ2v) is 5.07. The lowest BCUT2D eigenvalue weighted by atomic mass is 10.0. The number of hydrogen-bond donors (Lipinski definition) is 2. The van der Waals surface area contributed by atoms with Crippen LogP contribution >= 0.6 is 23.2 Å². The Morgan fingerprint density at radius 2 is 2.00 bits per heavy atom. The summed E-state index contributed by atoms with van der Waals surface area (Å²) in [5.74, 6) is -1.20. The number of carbonyl (C=O) groups is 1. The van der Waals surface area contributed by atoms with Gasteiger partial charge in [-0.1, -0.05) is 37.0 Å². The summed E-state index contributed by atoms with van der Waals surface area (Å²) >= 11 is 11.4. The van der Waals surface area contributed by atoms with Crippen LogP contribution in [0.4, 0.5) is 4.39 Å². The van der Waals surface area contributed by atoms with Gasteiger partial charge in [-0.25, -0.2) is 4.39 Å². The lowest BCUT2D eigenvalue weighted by Crippen LogP contribution is -2.41. The third-order valence-corrected chi connectivity index (χ3v) is 3.17. The Morgan fingerprint density at radius 1 is 1.39 bits per heavy atom. The maximum absolute atomic E-state index is 13.3. The van der Waals surface area contributed by atoms with E-state index in [1.165, 1.54) is 6.07 Å². The van der Waals surface area contributed by atoms with Gasteiger partial charge in [0, 0.05) is 0 Å². The van der Waals surface area contributed by atoms with E-state index in [0.29, 0.717) is 0 Å². The van der Waals surface area contributed by atoms with Crippen molar-refractivity contribution in [2.45, 2.75) is 19.9 Å². The first-order valence-corrected chi connectivity index (χ1v) is 6.18. The van der Waals surface area contributed by atoms with E-state index >= 15 is 0 Å². The SMILES string of the molecule is CC(C)C(CO)NC(=O)c1cc(F)c(Cl)cc1Cl. The molecule has 0 saturated heterocycles. The summed E-state index contributed by atoms with van der Waals surface area (Å²) < 4.78 is 13.3. The normalized spacial score (nSPS) is 12.6.